The number of likely N-dealkylation sites (N-methyl/N-ethyl adjacent to an activating group) is 1. The molecule has 0 radical (unpaired) electrons. The van der Waals surface area contributed by atoms with Crippen LogP contribution in [0.4, 0.5) is 19.1 Å². The van der Waals surface area contributed by atoms with E-state index in [9.17, 15) is 13.2 Å². The average molecular weight is 234 g/mol. The van der Waals surface area contributed by atoms with Gasteiger partial charge in [0.05, 0.1) is 0 Å². The van der Waals surface area contributed by atoms with Crippen molar-refractivity contribution in [1.29, 1.82) is 0 Å². The molecule has 1 heterocycles. The number of alkyl halides is 3. The molecule has 0 aromatic carbocycles. The van der Waals surface area contributed by atoms with Gasteiger partial charge in [-0.25, -0.2) is 9.97 Å². The molecule has 2 N–H and O–H groups in total. The van der Waals surface area contributed by atoms with Gasteiger partial charge < -0.3 is 10.6 Å². The third kappa shape index (κ3) is 4.01. The minimum Gasteiger partial charge on any atom is -0.353 e. The van der Waals surface area contributed by atoms with Gasteiger partial charge >= 0.3 is 6.18 Å². The van der Waals surface area contributed by atoms with Crippen molar-refractivity contribution in [2.45, 2.75) is 13.1 Å². The standard InChI is InChI=1S/C9H13F3N4/c1-2-13-5-6-15-8-14-4-3-7(16-8)9(10,11)12/h3-4,13H,2,5-6H2,1H3,(H,14,15,16). The number of nitrogens with one attached hydrogen (secondary N) is 2. The Bertz CT molecular complexity index is 327. The second-order valence-electron chi connectivity index (χ2n) is 3.04. The quantitative estimate of drug-likeness (QED) is 0.758. The number of aromatic nitrogens is 2. The van der Waals surface area contributed by atoms with Crippen molar-refractivity contribution >= 4 is 5.95 Å². The predicted molar refractivity (Wildman–Crippen MR) is 54.1 cm³/mol. The summed E-state index contributed by atoms with van der Waals surface area (Å²) in [7, 11) is 0. The zero-order chi connectivity index (χ0) is 12.0. The highest BCUT2D eigenvalue weighted by Gasteiger charge is 2.32. The topological polar surface area (TPSA) is 49.8 Å². The van der Waals surface area contributed by atoms with Crippen LogP contribution in [-0.4, -0.2) is 29.6 Å². The van der Waals surface area contributed by atoms with Crippen molar-refractivity contribution in [3.63, 3.8) is 0 Å². The number of anilines is 1. The van der Waals surface area contributed by atoms with Gasteiger partial charge in [0.2, 0.25) is 5.95 Å². The van der Waals surface area contributed by atoms with E-state index in [-0.39, 0.29) is 5.95 Å². The summed E-state index contributed by atoms with van der Waals surface area (Å²) in [4.78, 5) is 7.07. The molecule has 0 aliphatic rings. The van der Waals surface area contributed by atoms with Crippen LogP contribution < -0.4 is 10.6 Å². The van der Waals surface area contributed by atoms with E-state index in [0.29, 0.717) is 13.1 Å². The van der Waals surface area contributed by atoms with E-state index in [1.54, 1.807) is 0 Å². The molecule has 0 aliphatic carbocycles. The average Bonchev–Trinajstić information content (AvgIpc) is 2.24. The van der Waals surface area contributed by atoms with Crippen LogP contribution in [0.5, 0.6) is 0 Å². The lowest BCUT2D eigenvalue weighted by atomic mass is 10.4. The number of hydrogen-bond donors (Lipinski definition) is 2. The summed E-state index contributed by atoms with van der Waals surface area (Å²) >= 11 is 0. The minimum atomic E-state index is -4.43. The van der Waals surface area contributed by atoms with Crippen LogP contribution in [0.15, 0.2) is 12.3 Å². The molecule has 0 saturated heterocycles. The Kier molecular flexibility index (Phi) is 4.48. The van der Waals surface area contributed by atoms with Crippen LogP contribution in [0.3, 0.4) is 0 Å². The smallest absolute Gasteiger partial charge is 0.353 e. The lowest BCUT2D eigenvalue weighted by Gasteiger charge is -2.08. The van der Waals surface area contributed by atoms with Crippen LogP contribution in [0.1, 0.15) is 12.6 Å². The molecule has 0 aliphatic heterocycles. The number of rotatable bonds is 5. The predicted octanol–water partition coefficient (Wildman–Crippen LogP) is 1.52. The van der Waals surface area contributed by atoms with E-state index in [4.69, 9.17) is 0 Å². The van der Waals surface area contributed by atoms with E-state index in [0.717, 1.165) is 18.8 Å². The first kappa shape index (κ1) is 12.7. The fourth-order valence-electron chi connectivity index (χ4n) is 1.04. The molecule has 1 aromatic heterocycles. The Labute approximate surface area is 91.3 Å². The van der Waals surface area contributed by atoms with Crippen molar-refractivity contribution in [2.75, 3.05) is 25.0 Å². The molecule has 0 unspecified atom stereocenters. The second kappa shape index (κ2) is 5.64. The van der Waals surface area contributed by atoms with Crippen molar-refractivity contribution in [2.24, 2.45) is 0 Å². The summed E-state index contributed by atoms with van der Waals surface area (Å²) < 4.78 is 36.8. The molecule has 0 bridgehead atoms. The van der Waals surface area contributed by atoms with Crippen molar-refractivity contribution in [3.8, 4) is 0 Å². The summed E-state index contributed by atoms with van der Waals surface area (Å²) in [5, 5.41) is 5.73. The monoisotopic (exact) mass is 234 g/mol. The van der Waals surface area contributed by atoms with Crippen LogP contribution in [-0.2, 0) is 6.18 Å². The summed E-state index contributed by atoms with van der Waals surface area (Å²) in [5.74, 6) is -0.00673. The third-order valence-electron chi connectivity index (χ3n) is 1.78. The van der Waals surface area contributed by atoms with E-state index < -0.39 is 11.9 Å². The fraction of sp³-hybridized carbons (Fsp3) is 0.556. The first-order valence-corrected chi connectivity index (χ1v) is 4.89. The Balaban J connectivity index is 2.54. The maximum Gasteiger partial charge on any atom is 0.433 e. The van der Waals surface area contributed by atoms with Gasteiger partial charge in [-0.05, 0) is 12.6 Å². The highest BCUT2D eigenvalue weighted by molar-refractivity contribution is 5.25. The lowest BCUT2D eigenvalue weighted by molar-refractivity contribution is -0.141. The van der Waals surface area contributed by atoms with Crippen LogP contribution >= 0.6 is 0 Å². The van der Waals surface area contributed by atoms with Gasteiger partial charge in [0.15, 0.2) is 0 Å². The number of nitrogens with zero attached hydrogens (tertiary/aromatic N) is 2. The van der Waals surface area contributed by atoms with Gasteiger partial charge in [-0.1, -0.05) is 6.92 Å². The molecule has 1 rings (SSSR count). The number of halogens is 3. The van der Waals surface area contributed by atoms with Gasteiger partial charge in [-0.3, -0.25) is 0 Å². The molecule has 90 valence electrons. The van der Waals surface area contributed by atoms with E-state index in [2.05, 4.69) is 20.6 Å². The zero-order valence-corrected chi connectivity index (χ0v) is 8.80. The third-order valence-corrected chi connectivity index (χ3v) is 1.78. The first-order chi connectivity index (χ1) is 7.54. The molecule has 0 spiro atoms. The van der Waals surface area contributed by atoms with Gasteiger partial charge in [-0.2, -0.15) is 13.2 Å². The molecule has 0 fully saturated rings. The molecule has 4 nitrogen and oxygen atoms in total. The molecule has 1 aromatic rings. The molecular formula is C9H13F3N4. The van der Waals surface area contributed by atoms with Crippen molar-refractivity contribution in [1.82, 2.24) is 15.3 Å². The van der Waals surface area contributed by atoms with E-state index >= 15 is 0 Å². The maximum atomic E-state index is 12.3. The van der Waals surface area contributed by atoms with Crippen molar-refractivity contribution in [3.05, 3.63) is 18.0 Å². The zero-order valence-electron chi connectivity index (χ0n) is 8.80. The highest BCUT2D eigenvalue weighted by Crippen LogP contribution is 2.27. The normalized spacial score (nSPS) is 11.5. The SMILES string of the molecule is CCNCCNc1nccc(C(F)(F)F)n1. The molecule has 16 heavy (non-hydrogen) atoms. The van der Waals surface area contributed by atoms with Gasteiger partial charge in [0.1, 0.15) is 5.69 Å². The van der Waals surface area contributed by atoms with Gasteiger partial charge in [0.25, 0.3) is 0 Å². The largest absolute Gasteiger partial charge is 0.433 e. The maximum absolute atomic E-state index is 12.3. The fourth-order valence-corrected chi connectivity index (χ4v) is 1.04. The minimum absolute atomic E-state index is 0.00673. The second-order valence-corrected chi connectivity index (χ2v) is 3.04. The van der Waals surface area contributed by atoms with E-state index in [1.807, 2.05) is 6.92 Å². The van der Waals surface area contributed by atoms with Gasteiger partial charge in [-0.15, -0.1) is 0 Å². The number of hydrogen-bond acceptors (Lipinski definition) is 4. The van der Waals surface area contributed by atoms with E-state index in [1.165, 1.54) is 0 Å². The van der Waals surface area contributed by atoms with Crippen LogP contribution in [0, 0.1) is 0 Å². The summed E-state index contributed by atoms with van der Waals surface area (Å²) in [5.41, 5.74) is -0.937. The Morgan fingerprint density at radius 2 is 2.06 bits per heavy atom. The molecule has 0 atom stereocenters. The van der Waals surface area contributed by atoms with Gasteiger partial charge in [0, 0.05) is 19.3 Å². The Hall–Kier alpha value is -1.37. The Morgan fingerprint density at radius 1 is 1.31 bits per heavy atom. The van der Waals surface area contributed by atoms with Crippen molar-refractivity contribution < 1.29 is 13.2 Å². The highest BCUT2D eigenvalue weighted by atomic mass is 19.4. The van der Waals surface area contributed by atoms with Crippen LogP contribution in [0.2, 0.25) is 0 Å². The Morgan fingerprint density at radius 3 is 2.69 bits per heavy atom. The summed E-state index contributed by atoms with van der Waals surface area (Å²) in [6.07, 6.45) is -3.34. The lowest BCUT2D eigenvalue weighted by Crippen LogP contribution is -2.22. The van der Waals surface area contributed by atoms with Crippen LogP contribution in [0.25, 0.3) is 0 Å². The molecule has 0 saturated carbocycles. The molecular weight excluding hydrogens is 221 g/mol. The molecule has 7 heteroatoms. The first-order valence-electron chi connectivity index (χ1n) is 4.89. The molecule has 0 amide bonds. The summed E-state index contributed by atoms with van der Waals surface area (Å²) in [6, 6.07) is 0.843. The summed E-state index contributed by atoms with van der Waals surface area (Å²) in [6.45, 7) is 3.89.